The molecule has 0 saturated carbocycles. The number of hydrogen-bond acceptors (Lipinski definition) is 3. The van der Waals surface area contributed by atoms with Crippen molar-refractivity contribution in [2.45, 2.75) is 13.0 Å². The van der Waals surface area contributed by atoms with E-state index in [4.69, 9.17) is 4.42 Å². The van der Waals surface area contributed by atoms with E-state index in [9.17, 15) is 9.90 Å². The van der Waals surface area contributed by atoms with Crippen molar-refractivity contribution >= 4 is 26.7 Å². The van der Waals surface area contributed by atoms with Crippen LogP contribution < -0.4 is 5.63 Å². The standard InChI is InChI=1S/C11H9BrO3/c1-6(13)10-4-7-2-3-8(12)5-9(7)11(14)15-10/h2-6,13H,1H3. The van der Waals surface area contributed by atoms with Crippen molar-refractivity contribution in [2.75, 3.05) is 0 Å². The topological polar surface area (TPSA) is 50.4 Å². The molecule has 0 aliphatic carbocycles. The molecule has 0 aliphatic rings. The van der Waals surface area contributed by atoms with E-state index in [-0.39, 0.29) is 5.76 Å². The van der Waals surface area contributed by atoms with E-state index in [1.54, 1.807) is 19.1 Å². The Kier molecular flexibility index (Phi) is 2.63. The molecule has 4 heteroatoms. The number of fused-ring (bicyclic) bond motifs is 1. The average Bonchev–Trinajstić information content (AvgIpc) is 2.18. The maximum atomic E-state index is 11.6. The molecule has 1 aromatic carbocycles. The normalized spacial score (nSPS) is 13.0. The van der Waals surface area contributed by atoms with Gasteiger partial charge in [0.1, 0.15) is 11.9 Å². The van der Waals surface area contributed by atoms with Gasteiger partial charge in [0.15, 0.2) is 0 Å². The van der Waals surface area contributed by atoms with Gasteiger partial charge in [-0.05, 0) is 30.5 Å². The molecule has 0 fully saturated rings. The summed E-state index contributed by atoms with van der Waals surface area (Å²) in [7, 11) is 0. The molecule has 0 saturated heterocycles. The van der Waals surface area contributed by atoms with Crippen LogP contribution in [0.1, 0.15) is 18.8 Å². The molecule has 0 spiro atoms. The molecule has 0 amide bonds. The van der Waals surface area contributed by atoms with Gasteiger partial charge in [-0.25, -0.2) is 4.79 Å². The summed E-state index contributed by atoms with van der Waals surface area (Å²) in [5.74, 6) is 0.287. The Morgan fingerprint density at radius 1 is 1.40 bits per heavy atom. The Labute approximate surface area is 94.5 Å². The maximum absolute atomic E-state index is 11.6. The Morgan fingerprint density at radius 2 is 2.13 bits per heavy atom. The van der Waals surface area contributed by atoms with Crippen LogP contribution in [-0.2, 0) is 0 Å². The lowest BCUT2D eigenvalue weighted by molar-refractivity contribution is 0.165. The lowest BCUT2D eigenvalue weighted by Crippen LogP contribution is -2.04. The van der Waals surface area contributed by atoms with Gasteiger partial charge in [-0.3, -0.25) is 0 Å². The quantitative estimate of drug-likeness (QED) is 0.865. The Hall–Kier alpha value is -1.13. The van der Waals surface area contributed by atoms with E-state index in [0.29, 0.717) is 5.39 Å². The highest BCUT2D eigenvalue weighted by Gasteiger charge is 2.08. The van der Waals surface area contributed by atoms with Crippen molar-refractivity contribution in [1.82, 2.24) is 0 Å². The minimum atomic E-state index is -0.772. The fourth-order valence-electron chi connectivity index (χ4n) is 1.38. The Morgan fingerprint density at radius 3 is 2.80 bits per heavy atom. The summed E-state index contributed by atoms with van der Waals surface area (Å²) in [6.07, 6.45) is -0.772. The SMILES string of the molecule is CC(O)c1cc2ccc(Br)cc2c(=O)o1. The second kappa shape index (κ2) is 3.79. The molecule has 2 aromatic rings. The fraction of sp³-hybridized carbons (Fsp3) is 0.182. The molecule has 0 aliphatic heterocycles. The molecule has 2 rings (SSSR count). The summed E-state index contributed by atoms with van der Waals surface area (Å²) < 4.78 is 5.81. The van der Waals surface area contributed by atoms with Crippen molar-refractivity contribution in [1.29, 1.82) is 0 Å². The first-order valence-electron chi connectivity index (χ1n) is 4.49. The van der Waals surface area contributed by atoms with Crippen LogP contribution in [0.15, 0.2) is 37.9 Å². The minimum absolute atomic E-state index is 0.287. The molecule has 1 aromatic heterocycles. The third-order valence-electron chi connectivity index (χ3n) is 2.16. The van der Waals surface area contributed by atoms with E-state index in [0.717, 1.165) is 9.86 Å². The van der Waals surface area contributed by atoms with Gasteiger partial charge < -0.3 is 9.52 Å². The molecule has 3 nitrogen and oxygen atoms in total. The molecule has 1 unspecified atom stereocenters. The van der Waals surface area contributed by atoms with Crippen LogP contribution in [0, 0.1) is 0 Å². The van der Waals surface area contributed by atoms with Gasteiger partial charge in [0.2, 0.25) is 0 Å². The maximum Gasteiger partial charge on any atom is 0.343 e. The number of halogens is 1. The first-order valence-corrected chi connectivity index (χ1v) is 5.28. The summed E-state index contributed by atoms with van der Waals surface area (Å²) in [4.78, 5) is 11.6. The highest BCUT2D eigenvalue weighted by atomic mass is 79.9. The lowest BCUT2D eigenvalue weighted by atomic mass is 10.1. The summed E-state index contributed by atoms with van der Waals surface area (Å²) in [6, 6.07) is 7.02. The summed E-state index contributed by atoms with van der Waals surface area (Å²) in [5.41, 5.74) is -0.426. The second-order valence-electron chi connectivity index (χ2n) is 3.34. The van der Waals surface area contributed by atoms with Gasteiger partial charge >= 0.3 is 5.63 Å². The van der Waals surface area contributed by atoms with Crippen LogP contribution in [0.3, 0.4) is 0 Å². The largest absolute Gasteiger partial charge is 0.425 e. The third-order valence-corrected chi connectivity index (χ3v) is 2.65. The Balaban J connectivity index is 2.79. The Bertz CT molecular complexity index is 557. The molecule has 15 heavy (non-hydrogen) atoms. The van der Waals surface area contributed by atoms with Gasteiger partial charge in [0, 0.05) is 4.47 Å². The molecule has 1 atom stereocenters. The molecular formula is C11H9BrO3. The van der Waals surface area contributed by atoms with E-state index in [2.05, 4.69) is 15.9 Å². The highest BCUT2D eigenvalue weighted by Crippen LogP contribution is 2.20. The van der Waals surface area contributed by atoms with Crippen LogP contribution >= 0.6 is 15.9 Å². The van der Waals surface area contributed by atoms with Crippen LogP contribution in [0.4, 0.5) is 0 Å². The monoisotopic (exact) mass is 268 g/mol. The average molecular weight is 269 g/mol. The molecular weight excluding hydrogens is 260 g/mol. The van der Waals surface area contributed by atoms with Crippen LogP contribution in [0.5, 0.6) is 0 Å². The van der Waals surface area contributed by atoms with Crippen molar-refractivity contribution in [3.05, 3.63) is 44.9 Å². The fourth-order valence-corrected chi connectivity index (χ4v) is 1.74. The molecule has 1 N–H and O–H groups in total. The second-order valence-corrected chi connectivity index (χ2v) is 4.26. The van der Waals surface area contributed by atoms with E-state index in [1.165, 1.54) is 0 Å². The minimum Gasteiger partial charge on any atom is -0.425 e. The molecule has 1 heterocycles. The van der Waals surface area contributed by atoms with E-state index < -0.39 is 11.7 Å². The van der Waals surface area contributed by atoms with Crippen LogP contribution in [-0.4, -0.2) is 5.11 Å². The van der Waals surface area contributed by atoms with Crippen LogP contribution in [0.2, 0.25) is 0 Å². The number of aliphatic hydroxyl groups is 1. The number of aliphatic hydroxyl groups excluding tert-OH is 1. The summed E-state index contributed by atoms with van der Waals surface area (Å²) >= 11 is 3.28. The van der Waals surface area contributed by atoms with Gasteiger partial charge in [-0.15, -0.1) is 0 Å². The van der Waals surface area contributed by atoms with Gasteiger partial charge in [0.05, 0.1) is 5.39 Å². The van der Waals surface area contributed by atoms with Crippen molar-refractivity contribution < 1.29 is 9.52 Å². The zero-order chi connectivity index (χ0) is 11.0. The third kappa shape index (κ3) is 1.96. The predicted octanol–water partition coefficient (Wildman–Crippen LogP) is 2.61. The zero-order valence-electron chi connectivity index (χ0n) is 8.03. The highest BCUT2D eigenvalue weighted by molar-refractivity contribution is 9.10. The zero-order valence-corrected chi connectivity index (χ0v) is 9.61. The number of hydrogen-bond donors (Lipinski definition) is 1. The van der Waals surface area contributed by atoms with Gasteiger partial charge in [-0.2, -0.15) is 0 Å². The van der Waals surface area contributed by atoms with E-state index >= 15 is 0 Å². The first kappa shape index (κ1) is 10.4. The van der Waals surface area contributed by atoms with Gasteiger partial charge in [0.25, 0.3) is 0 Å². The smallest absolute Gasteiger partial charge is 0.343 e. The summed E-state index contributed by atoms with van der Waals surface area (Å²) in [5, 5.41) is 10.6. The van der Waals surface area contributed by atoms with Crippen molar-refractivity contribution in [3.63, 3.8) is 0 Å². The van der Waals surface area contributed by atoms with Crippen molar-refractivity contribution in [2.24, 2.45) is 0 Å². The van der Waals surface area contributed by atoms with Gasteiger partial charge in [-0.1, -0.05) is 22.0 Å². The first-order chi connectivity index (χ1) is 7.08. The number of benzene rings is 1. The van der Waals surface area contributed by atoms with Crippen molar-refractivity contribution in [3.8, 4) is 0 Å². The number of rotatable bonds is 1. The molecule has 78 valence electrons. The van der Waals surface area contributed by atoms with Crippen LogP contribution in [0.25, 0.3) is 10.8 Å². The molecule has 0 bridgehead atoms. The lowest BCUT2D eigenvalue weighted by Gasteiger charge is -2.04. The van der Waals surface area contributed by atoms with E-state index in [1.807, 2.05) is 12.1 Å². The predicted molar refractivity (Wildman–Crippen MR) is 60.8 cm³/mol. The molecule has 0 radical (unpaired) electrons. The summed E-state index contributed by atoms with van der Waals surface area (Å²) in [6.45, 7) is 1.56.